The van der Waals surface area contributed by atoms with Crippen molar-refractivity contribution in [2.75, 3.05) is 6.54 Å². The van der Waals surface area contributed by atoms with Crippen molar-refractivity contribution in [1.82, 2.24) is 4.90 Å². The van der Waals surface area contributed by atoms with E-state index in [0.717, 1.165) is 11.0 Å². The summed E-state index contributed by atoms with van der Waals surface area (Å²) >= 11 is 5.58. The van der Waals surface area contributed by atoms with Crippen LogP contribution in [0.4, 0.5) is 4.39 Å². The Bertz CT molecular complexity index is 439. The van der Waals surface area contributed by atoms with Gasteiger partial charge in [-0.1, -0.05) is 17.7 Å². The topological polar surface area (TPSA) is 57.6 Å². The number of aliphatic carboxylic acids is 1. The molecule has 17 heavy (non-hydrogen) atoms. The Balaban J connectivity index is 3.22. The van der Waals surface area contributed by atoms with Gasteiger partial charge in [0, 0.05) is 17.1 Å². The zero-order valence-corrected chi connectivity index (χ0v) is 9.82. The highest BCUT2D eigenvalue weighted by molar-refractivity contribution is 6.30. The minimum absolute atomic E-state index is 0.0872. The van der Waals surface area contributed by atoms with Crippen LogP contribution in [-0.4, -0.2) is 28.9 Å². The number of hydrogen-bond acceptors (Lipinski definition) is 2. The van der Waals surface area contributed by atoms with Crippen molar-refractivity contribution in [3.05, 3.63) is 34.6 Å². The second-order valence-electron chi connectivity index (χ2n) is 3.34. The molecule has 4 nitrogen and oxygen atoms in total. The number of benzene rings is 1. The number of likely N-dealkylation sites (N-methyl/N-ethyl adjacent to an activating group) is 1. The Morgan fingerprint density at radius 3 is 2.71 bits per heavy atom. The van der Waals surface area contributed by atoms with Gasteiger partial charge in [-0.15, -0.1) is 0 Å². The lowest BCUT2D eigenvalue weighted by Crippen LogP contribution is -2.33. The van der Waals surface area contributed by atoms with Crippen LogP contribution in [-0.2, 0) is 9.59 Å². The highest BCUT2D eigenvalue weighted by Gasteiger charge is 2.28. The van der Waals surface area contributed by atoms with Crippen molar-refractivity contribution >= 4 is 24.0 Å². The van der Waals surface area contributed by atoms with E-state index in [4.69, 9.17) is 16.7 Å². The van der Waals surface area contributed by atoms with Gasteiger partial charge >= 0.3 is 5.97 Å². The molecule has 0 aromatic heterocycles. The fourth-order valence-corrected chi connectivity index (χ4v) is 1.65. The summed E-state index contributed by atoms with van der Waals surface area (Å²) in [5, 5.41) is 9.22. The summed E-state index contributed by atoms with van der Waals surface area (Å²) in [6, 6.07) is 2.33. The van der Waals surface area contributed by atoms with Gasteiger partial charge < -0.3 is 10.0 Å². The van der Waals surface area contributed by atoms with Crippen LogP contribution in [0.15, 0.2) is 18.2 Å². The van der Waals surface area contributed by atoms with E-state index in [1.165, 1.54) is 12.1 Å². The molecule has 92 valence electrons. The van der Waals surface area contributed by atoms with Crippen LogP contribution < -0.4 is 0 Å². The van der Waals surface area contributed by atoms with Crippen LogP contribution in [0.5, 0.6) is 0 Å². The fourth-order valence-electron chi connectivity index (χ4n) is 1.49. The molecule has 0 saturated carbocycles. The first kappa shape index (κ1) is 13.4. The SMILES string of the molecule is CCN(C=O)C(C(=O)O)c1ccc(Cl)cc1F. The quantitative estimate of drug-likeness (QED) is 0.824. The molecular weight excluding hydrogens is 249 g/mol. The first-order valence-electron chi connectivity index (χ1n) is 4.90. The van der Waals surface area contributed by atoms with Crippen LogP contribution >= 0.6 is 11.6 Å². The Labute approximate surface area is 103 Å². The third-order valence-electron chi connectivity index (χ3n) is 2.32. The molecule has 0 aliphatic carbocycles. The fraction of sp³-hybridized carbons (Fsp3) is 0.273. The maximum Gasteiger partial charge on any atom is 0.331 e. The first-order chi connectivity index (χ1) is 8.01. The molecule has 0 fully saturated rings. The minimum Gasteiger partial charge on any atom is -0.479 e. The van der Waals surface area contributed by atoms with Crippen molar-refractivity contribution in [2.24, 2.45) is 0 Å². The number of amides is 1. The van der Waals surface area contributed by atoms with Gasteiger partial charge in [0.05, 0.1) is 0 Å². The molecule has 1 rings (SSSR count). The molecule has 1 aromatic carbocycles. The number of nitrogens with zero attached hydrogens (tertiary/aromatic N) is 1. The van der Waals surface area contributed by atoms with Gasteiger partial charge in [0.1, 0.15) is 5.82 Å². The van der Waals surface area contributed by atoms with Crippen LogP contribution in [0.25, 0.3) is 0 Å². The molecule has 0 spiro atoms. The molecular formula is C11H11ClFNO3. The van der Waals surface area contributed by atoms with Gasteiger partial charge in [0.2, 0.25) is 6.41 Å². The van der Waals surface area contributed by atoms with E-state index in [2.05, 4.69) is 0 Å². The zero-order valence-electron chi connectivity index (χ0n) is 9.06. The van der Waals surface area contributed by atoms with E-state index in [-0.39, 0.29) is 17.1 Å². The van der Waals surface area contributed by atoms with Crippen molar-refractivity contribution in [3.8, 4) is 0 Å². The van der Waals surface area contributed by atoms with E-state index in [0.29, 0.717) is 6.41 Å². The summed E-state index contributed by atoms with van der Waals surface area (Å²) < 4.78 is 13.6. The van der Waals surface area contributed by atoms with Crippen LogP contribution in [0.3, 0.4) is 0 Å². The summed E-state index contributed by atoms with van der Waals surface area (Å²) in [6.45, 7) is 1.78. The van der Waals surface area contributed by atoms with E-state index in [9.17, 15) is 14.0 Å². The number of rotatable bonds is 5. The lowest BCUT2D eigenvalue weighted by atomic mass is 10.1. The number of carboxylic acids is 1. The minimum atomic E-state index is -1.34. The van der Waals surface area contributed by atoms with Crippen LogP contribution in [0, 0.1) is 5.82 Å². The van der Waals surface area contributed by atoms with E-state index < -0.39 is 17.8 Å². The summed E-state index contributed by atoms with van der Waals surface area (Å²) in [6.07, 6.45) is 0.382. The lowest BCUT2D eigenvalue weighted by molar-refractivity contribution is -0.146. The Kier molecular flexibility index (Phi) is 4.45. The van der Waals surface area contributed by atoms with Crippen molar-refractivity contribution in [2.45, 2.75) is 13.0 Å². The van der Waals surface area contributed by atoms with Gasteiger partial charge in [-0.05, 0) is 19.1 Å². The summed E-state index contributed by atoms with van der Waals surface area (Å²) in [5.74, 6) is -2.04. The number of carboxylic acid groups (broad SMARTS) is 1. The zero-order chi connectivity index (χ0) is 13.0. The van der Waals surface area contributed by atoms with Gasteiger partial charge in [-0.3, -0.25) is 4.79 Å². The highest BCUT2D eigenvalue weighted by Crippen LogP contribution is 2.25. The average molecular weight is 260 g/mol. The normalized spacial score (nSPS) is 11.9. The maximum atomic E-state index is 13.6. The van der Waals surface area contributed by atoms with E-state index in [1.54, 1.807) is 6.92 Å². The third-order valence-corrected chi connectivity index (χ3v) is 2.56. The largest absolute Gasteiger partial charge is 0.479 e. The number of hydrogen-bond donors (Lipinski definition) is 1. The van der Waals surface area contributed by atoms with Crippen molar-refractivity contribution in [3.63, 3.8) is 0 Å². The molecule has 1 amide bonds. The molecule has 0 heterocycles. The molecule has 1 unspecified atom stereocenters. The molecule has 1 atom stereocenters. The molecule has 0 saturated heterocycles. The monoisotopic (exact) mass is 259 g/mol. The smallest absolute Gasteiger partial charge is 0.331 e. The van der Waals surface area contributed by atoms with Crippen molar-refractivity contribution < 1.29 is 19.1 Å². The van der Waals surface area contributed by atoms with Gasteiger partial charge in [-0.2, -0.15) is 0 Å². The predicted molar refractivity (Wildman–Crippen MR) is 60.2 cm³/mol. The molecule has 0 bridgehead atoms. The third kappa shape index (κ3) is 2.94. The molecule has 1 aromatic rings. The first-order valence-corrected chi connectivity index (χ1v) is 5.27. The second-order valence-corrected chi connectivity index (χ2v) is 3.78. The molecule has 0 radical (unpaired) electrons. The summed E-state index contributed by atoms with van der Waals surface area (Å²) in [5.41, 5.74) is -0.0872. The average Bonchev–Trinajstić information content (AvgIpc) is 2.26. The second kappa shape index (κ2) is 5.63. The van der Waals surface area contributed by atoms with Crippen molar-refractivity contribution in [1.29, 1.82) is 0 Å². The Hall–Kier alpha value is -1.62. The highest BCUT2D eigenvalue weighted by atomic mass is 35.5. The van der Waals surface area contributed by atoms with Crippen LogP contribution in [0.1, 0.15) is 18.5 Å². The van der Waals surface area contributed by atoms with E-state index >= 15 is 0 Å². The Morgan fingerprint density at radius 1 is 1.65 bits per heavy atom. The molecule has 6 heteroatoms. The number of halogens is 2. The molecule has 1 N–H and O–H groups in total. The number of carbonyl (C=O) groups excluding carboxylic acids is 1. The van der Waals surface area contributed by atoms with Crippen LogP contribution in [0.2, 0.25) is 5.02 Å². The predicted octanol–water partition coefficient (Wildman–Crippen LogP) is 2.08. The van der Waals surface area contributed by atoms with E-state index in [1.807, 2.05) is 0 Å². The van der Waals surface area contributed by atoms with Gasteiger partial charge in [0.25, 0.3) is 0 Å². The summed E-state index contributed by atoms with van der Waals surface area (Å²) in [4.78, 5) is 22.8. The lowest BCUT2D eigenvalue weighted by Gasteiger charge is -2.24. The molecule has 0 aliphatic heterocycles. The standard InChI is InChI=1S/C11H11ClFNO3/c1-2-14(6-15)10(11(16)17)8-4-3-7(12)5-9(8)13/h3-6,10H,2H2,1H3,(H,16,17). The maximum absolute atomic E-state index is 13.6. The van der Waals surface area contributed by atoms with Gasteiger partial charge in [-0.25, -0.2) is 9.18 Å². The number of carbonyl (C=O) groups is 2. The summed E-state index contributed by atoms with van der Waals surface area (Å²) in [7, 11) is 0. The van der Waals surface area contributed by atoms with Gasteiger partial charge in [0.15, 0.2) is 6.04 Å². The Morgan fingerprint density at radius 2 is 2.29 bits per heavy atom. The molecule has 0 aliphatic rings.